The van der Waals surface area contributed by atoms with Crippen LogP contribution in [0.25, 0.3) is 38.8 Å². The van der Waals surface area contributed by atoms with E-state index in [1.54, 1.807) is 0 Å². The molecule has 0 N–H and O–H groups in total. The van der Waals surface area contributed by atoms with Crippen molar-refractivity contribution >= 4 is 61.6 Å². The Balaban J connectivity index is 1.12. The maximum atomic E-state index is 6.59. The second-order valence-electron chi connectivity index (χ2n) is 13.0. The topological polar surface area (TPSA) is 36.8 Å². The first-order chi connectivity index (χ1) is 26.3. The van der Waals surface area contributed by atoms with Gasteiger partial charge in [0.2, 0.25) is 0 Å². The quantitative estimate of drug-likeness (QED) is 0.167. The van der Waals surface area contributed by atoms with E-state index in [-0.39, 0.29) is 0 Å². The summed E-state index contributed by atoms with van der Waals surface area (Å²) in [6, 6.07) is 67.5. The molecule has 0 bridgehead atoms. The third-order valence-electron chi connectivity index (χ3n) is 9.81. The fourth-order valence-electron chi connectivity index (χ4n) is 7.39. The number of pyridine rings is 1. The van der Waals surface area contributed by atoms with Gasteiger partial charge in [-0.1, -0.05) is 109 Å². The molecule has 53 heavy (non-hydrogen) atoms. The standard InChI is InChI=1S/C47H33N5O/c1-4-15-34(16-5-1)35-29-30-48-47(31-35)50-43-24-11-10-23-41(43)42-28-27-39(33-46(42)50)49(36-17-6-2-7-18-36)38-21-14-22-40(32-38)52-45-26-13-12-25-44(45)51(53-52)37-19-8-3-9-20-37/h1-33H. The van der Waals surface area contributed by atoms with E-state index in [1.807, 2.05) is 52.7 Å². The van der Waals surface area contributed by atoms with Crippen LogP contribution in [0.3, 0.4) is 0 Å². The molecule has 0 radical (unpaired) electrons. The zero-order valence-corrected chi connectivity index (χ0v) is 28.7. The van der Waals surface area contributed by atoms with Gasteiger partial charge in [-0.3, -0.25) is 4.57 Å². The summed E-state index contributed by atoms with van der Waals surface area (Å²) in [6.45, 7) is 0. The van der Waals surface area contributed by atoms with Gasteiger partial charge in [0.15, 0.2) is 0 Å². The van der Waals surface area contributed by atoms with Gasteiger partial charge in [-0.05, 0) is 96.1 Å². The Bertz CT molecular complexity index is 2730. The highest BCUT2D eigenvalue weighted by Crippen LogP contribution is 2.47. The molecular weight excluding hydrogens is 651 g/mol. The Morgan fingerprint density at radius 3 is 1.81 bits per heavy atom. The first-order valence-electron chi connectivity index (χ1n) is 17.7. The fraction of sp³-hybridized carbons (Fsp3) is 0. The highest BCUT2D eigenvalue weighted by Gasteiger charge is 2.30. The molecule has 0 fully saturated rings. The minimum atomic E-state index is 0.871. The Morgan fingerprint density at radius 2 is 1.02 bits per heavy atom. The SMILES string of the molecule is c1ccc(-c2ccnc(-n3c4ccccc4c4ccc(N(c5ccccc5)c5cccc(N6ON(c7ccccc7)c7ccccc76)c5)cc43)c2)cc1. The van der Waals surface area contributed by atoms with Crippen LogP contribution in [0.5, 0.6) is 0 Å². The van der Waals surface area contributed by atoms with Crippen LogP contribution in [0, 0.1) is 0 Å². The summed E-state index contributed by atoms with van der Waals surface area (Å²) in [6.07, 6.45) is 1.90. The van der Waals surface area contributed by atoms with Gasteiger partial charge in [0.25, 0.3) is 0 Å². The van der Waals surface area contributed by atoms with Crippen LogP contribution < -0.4 is 15.0 Å². The first kappa shape index (κ1) is 30.7. The van der Waals surface area contributed by atoms with Gasteiger partial charge in [0.05, 0.1) is 33.8 Å². The lowest BCUT2D eigenvalue weighted by atomic mass is 10.1. The normalized spacial score (nSPS) is 12.4. The van der Waals surface area contributed by atoms with Crippen molar-refractivity contribution < 1.29 is 4.94 Å². The zero-order valence-electron chi connectivity index (χ0n) is 28.7. The first-order valence-corrected chi connectivity index (χ1v) is 17.7. The summed E-state index contributed by atoms with van der Waals surface area (Å²) in [5.41, 5.74) is 11.3. The van der Waals surface area contributed by atoms with Gasteiger partial charge in [-0.25, -0.2) is 4.98 Å². The predicted octanol–water partition coefficient (Wildman–Crippen LogP) is 12.5. The van der Waals surface area contributed by atoms with Gasteiger partial charge >= 0.3 is 0 Å². The molecule has 0 saturated heterocycles. The summed E-state index contributed by atoms with van der Waals surface area (Å²) in [5, 5.41) is 6.13. The molecule has 10 rings (SSSR count). The number of nitrogens with zero attached hydrogens (tertiary/aromatic N) is 5. The van der Waals surface area contributed by atoms with E-state index in [1.165, 1.54) is 10.8 Å². The van der Waals surface area contributed by atoms with Crippen LogP contribution in [0.15, 0.2) is 200 Å². The van der Waals surface area contributed by atoms with Gasteiger partial charge in [0.1, 0.15) is 5.82 Å². The number of hydrogen-bond donors (Lipinski definition) is 0. The van der Waals surface area contributed by atoms with Crippen LogP contribution >= 0.6 is 0 Å². The minimum absolute atomic E-state index is 0.871. The summed E-state index contributed by atoms with van der Waals surface area (Å²) < 4.78 is 2.29. The molecule has 0 spiro atoms. The molecule has 0 unspecified atom stereocenters. The Labute approximate surface area is 307 Å². The predicted molar refractivity (Wildman–Crippen MR) is 217 cm³/mol. The lowest BCUT2D eigenvalue weighted by molar-refractivity contribution is 0.156. The van der Waals surface area contributed by atoms with E-state index in [4.69, 9.17) is 9.92 Å². The molecule has 0 amide bonds. The fourth-order valence-corrected chi connectivity index (χ4v) is 7.39. The maximum Gasteiger partial charge on any atom is 0.138 e. The van der Waals surface area contributed by atoms with Crippen molar-refractivity contribution in [1.82, 2.24) is 9.55 Å². The molecule has 0 aliphatic carbocycles. The number of fused-ring (bicyclic) bond motifs is 4. The lowest BCUT2D eigenvalue weighted by Gasteiger charge is -2.27. The Hall–Kier alpha value is -7.15. The number of anilines is 7. The number of benzene rings is 7. The highest BCUT2D eigenvalue weighted by atomic mass is 16.8. The molecule has 3 heterocycles. The average Bonchev–Trinajstić information content (AvgIpc) is 3.79. The van der Waals surface area contributed by atoms with Crippen molar-refractivity contribution in [2.75, 3.05) is 15.0 Å². The Morgan fingerprint density at radius 1 is 0.415 bits per heavy atom. The van der Waals surface area contributed by atoms with Crippen LogP contribution in [-0.2, 0) is 4.94 Å². The number of aromatic nitrogens is 2. The molecule has 1 aliphatic heterocycles. The van der Waals surface area contributed by atoms with Gasteiger partial charge in [-0.2, -0.15) is 10.1 Å². The minimum Gasteiger partial charge on any atom is -0.310 e. The van der Waals surface area contributed by atoms with Gasteiger partial charge in [0, 0.05) is 34.0 Å². The number of hydrogen-bond acceptors (Lipinski definition) is 5. The summed E-state index contributed by atoms with van der Waals surface area (Å²) in [7, 11) is 0. The lowest BCUT2D eigenvalue weighted by Crippen LogP contribution is -2.21. The van der Waals surface area contributed by atoms with Crippen molar-refractivity contribution in [2.24, 2.45) is 0 Å². The number of rotatable bonds is 7. The average molecular weight is 684 g/mol. The third-order valence-corrected chi connectivity index (χ3v) is 9.81. The van der Waals surface area contributed by atoms with Gasteiger partial charge < -0.3 is 4.90 Å². The molecule has 2 aromatic heterocycles. The van der Waals surface area contributed by atoms with E-state index in [9.17, 15) is 0 Å². The maximum absolute atomic E-state index is 6.59. The molecule has 0 saturated carbocycles. The van der Waals surface area contributed by atoms with E-state index in [0.29, 0.717) is 0 Å². The smallest absolute Gasteiger partial charge is 0.138 e. The summed E-state index contributed by atoms with van der Waals surface area (Å²) in [4.78, 5) is 13.8. The van der Waals surface area contributed by atoms with Crippen molar-refractivity contribution in [1.29, 1.82) is 0 Å². The monoisotopic (exact) mass is 683 g/mol. The molecule has 252 valence electrons. The van der Waals surface area contributed by atoms with E-state index < -0.39 is 0 Å². The zero-order chi connectivity index (χ0) is 35.1. The van der Waals surface area contributed by atoms with Crippen LogP contribution in [0.4, 0.5) is 39.8 Å². The second-order valence-corrected chi connectivity index (χ2v) is 13.0. The largest absolute Gasteiger partial charge is 0.310 e. The van der Waals surface area contributed by atoms with Crippen LogP contribution in [0.2, 0.25) is 0 Å². The van der Waals surface area contributed by atoms with Crippen LogP contribution in [-0.4, -0.2) is 9.55 Å². The van der Waals surface area contributed by atoms with Crippen molar-refractivity contribution in [3.8, 4) is 16.9 Å². The van der Waals surface area contributed by atoms with E-state index >= 15 is 0 Å². The molecule has 6 heteroatoms. The highest BCUT2D eigenvalue weighted by molar-refractivity contribution is 6.10. The van der Waals surface area contributed by atoms with Crippen molar-refractivity contribution in [3.05, 3.63) is 200 Å². The summed E-state index contributed by atoms with van der Waals surface area (Å²) in [5.74, 6) is 0.871. The molecule has 9 aromatic rings. The van der Waals surface area contributed by atoms with E-state index in [0.717, 1.165) is 67.8 Å². The Kier molecular flexibility index (Phi) is 7.45. The van der Waals surface area contributed by atoms with E-state index in [2.05, 4.69) is 167 Å². The molecule has 6 nitrogen and oxygen atoms in total. The number of para-hydroxylation sites is 5. The molecule has 7 aromatic carbocycles. The molecule has 0 atom stereocenters. The summed E-state index contributed by atoms with van der Waals surface area (Å²) >= 11 is 0. The molecule has 1 aliphatic rings. The molecular formula is C47H33N5O. The van der Waals surface area contributed by atoms with Crippen molar-refractivity contribution in [3.63, 3.8) is 0 Å². The van der Waals surface area contributed by atoms with Gasteiger partial charge in [-0.15, -0.1) is 4.94 Å². The van der Waals surface area contributed by atoms with Crippen LogP contribution in [0.1, 0.15) is 0 Å². The van der Waals surface area contributed by atoms with Crippen molar-refractivity contribution in [2.45, 2.75) is 0 Å². The third kappa shape index (κ3) is 5.37. The second kappa shape index (κ2) is 12.9.